The summed E-state index contributed by atoms with van der Waals surface area (Å²) in [4.78, 5) is 40.9. The van der Waals surface area contributed by atoms with Crippen LogP contribution in [0.5, 0.6) is 5.75 Å². The van der Waals surface area contributed by atoms with Gasteiger partial charge in [0.15, 0.2) is 5.78 Å². The van der Waals surface area contributed by atoms with Gasteiger partial charge in [-0.05, 0) is 85.7 Å². The van der Waals surface area contributed by atoms with Crippen LogP contribution in [0.4, 0.5) is 17.1 Å². The first-order chi connectivity index (χ1) is 21.7. The SMILES string of the molecule is COc1cc(CC(=O)NN(c2ccc(-c3ccccc3)c(C(C)=O)c2)c2c(C)cccc2N2CCCCC2)c(Br)cc1C(=O)O. The first-order valence-electron chi connectivity index (χ1n) is 14.9. The van der Waals surface area contributed by atoms with E-state index in [2.05, 4.69) is 32.3 Å². The number of rotatable bonds is 10. The molecule has 9 heteroatoms. The number of ketones is 1. The maximum Gasteiger partial charge on any atom is 0.339 e. The van der Waals surface area contributed by atoms with Crippen LogP contribution in [0.2, 0.25) is 0 Å². The molecule has 4 aromatic rings. The molecule has 1 amide bonds. The average molecular weight is 671 g/mol. The number of nitrogens with one attached hydrogen (secondary N) is 1. The molecular weight excluding hydrogens is 634 g/mol. The van der Waals surface area contributed by atoms with Gasteiger partial charge in [0, 0.05) is 23.1 Å². The minimum Gasteiger partial charge on any atom is -0.496 e. The number of piperidine rings is 1. The number of nitrogens with zero attached hydrogens (tertiary/aromatic N) is 2. The second-order valence-electron chi connectivity index (χ2n) is 11.1. The summed E-state index contributed by atoms with van der Waals surface area (Å²) in [6.45, 7) is 5.38. The molecule has 0 aromatic heterocycles. The molecule has 0 aliphatic carbocycles. The number of ether oxygens (including phenoxy) is 1. The molecule has 0 radical (unpaired) electrons. The number of carboxylic acid groups (broad SMARTS) is 1. The summed E-state index contributed by atoms with van der Waals surface area (Å²) in [6.07, 6.45) is 3.30. The lowest BCUT2D eigenvalue weighted by Gasteiger charge is -2.35. The molecule has 0 bridgehead atoms. The molecule has 1 heterocycles. The molecule has 0 unspecified atom stereocenters. The molecule has 0 spiro atoms. The second-order valence-corrected chi connectivity index (χ2v) is 12.0. The van der Waals surface area contributed by atoms with Crippen LogP contribution in [0.1, 0.15) is 58.0 Å². The molecule has 1 fully saturated rings. The number of aromatic carboxylic acids is 1. The number of hydrazine groups is 1. The normalized spacial score (nSPS) is 12.8. The van der Waals surface area contributed by atoms with Crippen LogP contribution in [0.25, 0.3) is 11.1 Å². The summed E-state index contributed by atoms with van der Waals surface area (Å²) in [5.74, 6) is -1.37. The van der Waals surface area contributed by atoms with E-state index in [1.165, 1.54) is 19.6 Å². The van der Waals surface area contributed by atoms with Crippen LogP contribution in [0.15, 0.2) is 83.3 Å². The lowest BCUT2D eigenvalue weighted by Crippen LogP contribution is -2.42. The monoisotopic (exact) mass is 669 g/mol. The zero-order chi connectivity index (χ0) is 32.1. The summed E-state index contributed by atoms with van der Waals surface area (Å²) in [5, 5.41) is 11.3. The first-order valence-corrected chi connectivity index (χ1v) is 15.7. The van der Waals surface area contributed by atoms with Gasteiger partial charge in [-0.3, -0.25) is 20.0 Å². The highest BCUT2D eigenvalue weighted by Crippen LogP contribution is 2.39. The van der Waals surface area contributed by atoms with Crippen molar-refractivity contribution in [2.24, 2.45) is 0 Å². The quantitative estimate of drug-likeness (QED) is 0.132. The highest BCUT2D eigenvalue weighted by atomic mass is 79.9. The number of anilines is 3. The summed E-state index contributed by atoms with van der Waals surface area (Å²) in [6, 6.07) is 24.5. The summed E-state index contributed by atoms with van der Waals surface area (Å²) < 4.78 is 5.79. The third kappa shape index (κ3) is 7.04. The van der Waals surface area contributed by atoms with Gasteiger partial charge in [-0.15, -0.1) is 0 Å². The number of aryl methyl sites for hydroxylation is 1. The van der Waals surface area contributed by atoms with Crippen LogP contribution in [0, 0.1) is 6.92 Å². The first kappa shape index (κ1) is 31.8. The molecule has 1 saturated heterocycles. The largest absolute Gasteiger partial charge is 0.496 e. The van der Waals surface area contributed by atoms with Gasteiger partial charge in [0.2, 0.25) is 5.91 Å². The topological polar surface area (TPSA) is 99.2 Å². The van der Waals surface area contributed by atoms with Gasteiger partial charge < -0.3 is 14.7 Å². The molecule has 0 atom stereocenters. The van der Waals surface area contributed by atoms with Crippen LogP contribution in [-0.4, -0.2) is 43.0 Å². The summed E-state index contributed by atoms with van der Waals surface area (Å²) in [5.41, 5.74) is 9.40. The van der Waals surface area contributed by atoms with E-state index >= 15 is 0 Å². The van der Waals surface area contributed by atoms with Crippen molar-refractivity contribution < 1.29 is 24.2 Å². The molecule has 1 aliphatic heterocycles. The van der Waals surface area contributed by atoms with E-state index in [-0.39, 0.29) is 29.4 Å². The second kappa shape index (κ2) is 14.0. The fourth-order valence-electron chi connectivity index (χ4n) is 5.81. The number of carbonyl (C=O) groups is 3. The molecule has 2 N–H and O–H groups in total. The van der Waals surface area contributed by atoms with Crippen LogP contribution in [-0.2, 0) is 11.2 Å². The van der Waals surface area contributed by atoms with Gasteiger partial charge in [0.1, 0.15) is 11.3 Å². The van der Waals surface area contributed by atoms with Crippen molar-refractivity contribution in [3.63, 3.8) is 0 Å². The number of carboxylic acids is 1. The Bertz CT molecular complexity index is 1730. The lowest BCUT2D eigenvalue weighted by atomic mass is 9.96. The summed E-state index contributed by atoms with van der Waals surface area (Å²) in [7, 11) is 1.40. The molecule has 0 saturated carbocycles. The van der Waals surface area contributed by atoms with Gasteiger partial charge in [-0.1, -0.05) is 64.5 Å². The Hall–Kier alpha value is -4.63. The third-order valence-electron chi connectivity index (χ3n) is 8.05. The molecule has 5 rings (SSSR count). The number of carbonyl (C=O) groups excluding carboxylic acids is 2. The van der Waals surface area contributed by atoms with E-state index in [0.29, 0.717) is 21.3 Å². The lowest BCUT2D eigenvalue weighted by molar-refractivity contribution is -0.120. The van der Waals surface area contributed by atoms with Gasteiger partial charge in [0.05, 0.1) is 30.6 Å². The molecule has 4 aromatic carbocycles. The molecule has 232 valence electrons. The van der Waals surface area contributed by atoms with Crippen molar-refractivity contribution in [2.45, 2.75) is 39.5 Å². The van der Waals surface area contributed by atoms with Gasteiger partial charge >= 0.3 is 5.97 Å². The average Bonchev–Trinajstić information content (AvgIpc) is 3.05. The van der Waals surface area contributed by atoms with E-state index < -0.39 is 5.97 Å². The van der Waals surface area contributed by atoms with E-state index in [1.807, 2.05) is 67.6 Å². The number of amides is 1. The highest BCUT2D eigenvalue weighted by molar-refractivity contribution is 9.10. The van der Waals surface area contributed by atoms with Gasteiger partial charge in [-0.2, -0.15) is 0 Å². The van der Waals surface area contributed by atoms with Crippen molar-refractivity contribution in [1.29, 1.82) is 0 Å². The highest BCUT2D eigenvalue weighted by Gasteiger charge is 2.25. The van der Waals surface area contributed by atoms with Crippen molar-refractivity contribution in [3.05, 3.63) is 106 Å². The number of para-hydroxylation sites is 1. The molecular formula is C36H36BrN3O5. The van der Waals surface area contributed by atoms with Crippen molar-refractivity contribution in [2.75, 3.05) is 30.1 Å². The number of hydrogen-bond donors (Lipinski definition) is 2. The van der Waals surface area contributed by atoms with E-state index in [4.69, 9.17) is 4.74 Å². The Kier molecular flexibility index (Phi) is 9.88. The zero-order valence-electron chi connectivity index (χ0n) is 25.6. The Morgan fingerprint density at radius 1 is 0.933 bits per heavy atom. The van der Waals surface area contributed by atoms with Gasteiger partial charge in [0.25, 0.3) is 0 Å². The maximum absolute atomic E-state index is 13.8. The van der Waals surface area contributed by atoms with E-state index in [9.17, 15) is 19.5 Å². The van der Waals surface area contributed by atoms with Gasteiger partial charge in [-0.25, -0.2) is 4.79 Å². The zero-order valence-corrected chi connectivity index (χ0v) is 27.2. The number of hydrogen-bond acceptors (Lipinski definition) is 6. The Morgan fingerprint density at radius 2 is 1.67 bits per heavy atom. The standard InChI is InChI=1S/C36H36BrN3O5/c1-23-11-10-14-32(39-17-8-5-9-18-39)35(23)40(27-15-16-28(29(21-27)24(2)41)25-12-6-4-7-13-25)38-34(42)20-26-19-33(45-3)30(36(43)44)22-31(26)37/h4,6-7,10-16,19,21-22H,5,8-9,17-18,20H2,1-3H3,(H,38,42)(H,43,44). The number of Topliss-reactive ketones (excluding diaryl/α,β-unsaturated/α-hetero) is 1. The van der Waals surface area contributed by atoms with Crippen LogP contribution < -0.4 is 20.1 Å². The third-order valence-corrected chi connectivity index (χ3v) is 8.79. The fraction of sp³-hybridized carbons (Fsp3) is 0.250. The van der Waals surface area contributed by atoms with Crippen LogP contribution in [0.3, 0.4) is 0 Å². The van der Waals surface area contributed by atoms with E-state index in [1.54, 1.807) is 18.0 Å². The minimum absolute atomic E-state index is 0.00323. The number of benzene rings is 4. The minimum atomic E-state index is -1.13. The molecule has 1 aliphatic rings. The number of halogens is 1. The van der Waals surface area contributed by atoms with Crippen molar-refractivity contribution >= 4 is 50.7 Å². The Labute approximate surface area is 271 Å². The predicted octanol–water partition coefficient (Wildman–Crippen LogP) is 7.74. The summed E-state index contributed by atoms with van der Waals surface area (Å²) >= 11 is 3.44. The number of methoxy groups -OCH3 is 1. The van der Waals surface area contributed by atoms with E-state index in [0.717, 1.165) is 54.0 Å². The molecule has 45 heavy (non-hydrogen) atoms. The predicted molar refractivity (Wildman–Crippen MR) is 181 cm³/mol. The molecule has 8 nitrogen and oxygen atoms in total. The van der Waals surface area contributed by atoms with Crippen LogP contribution >= 0.6 is 15.9 Å². The maximum atomic E-state index is 13.8. The van der Waals surface area contributed by atoms with Crippen molar-refractivity contribution in [3.8, 4) is 16.9 Å². The Balaban J connectivity index is 1.60. The van der Waals surface area contributed by atoms with Crippen molar-refractivity contribution in [1.82, 2.24) is 5.43 Å². The smallest absolute Gasteiger partial charge is 0.339 e. The Morgan fingerprint density at radius 3 is 2.33 bits per heavy atom. The fourth-order valence-corrected chi connectivity index (χ4v) is 6.29.